The van der Waals surface area contributed by atoms with Gasteiger partial charge < -0.3 is 5.11 Å². The van der Waals surface area contributed by atoms with Crippen LogP contribution >= 0.6 is 0 Å². The molecule has 0 saturated carbocycles. The largest absolute Gasteiger partial charge is 0.480 e. The number of rotatable bonds is 6. The van der Waals surface area contributed by atoms with Gasteiger partial charge in [0.15, 0.2) is 9.84 Å². The fourth-order valence-electron chi connectivity index (χ4n) is 2.80. The molecule has 1 N–H and O–H groups in total. The van der Waals surface area contributed by atoms with Gasteiger partial charge in [0.05, 0.1) is 18.1 Å². The van der Waals surface area contributed by atoms with Crippen molar-refractivity contribution in [3.63, 3.8) is 0 Å². The lowest BCUT2D eigenvalue weighted by Gasteiger charge is -2.36. The lowest BCUT2D eigenvalue weighted by Crippen LogP contribution is -2.48. The molecule has 1 aliphatic heterocycles. The summed E-state index contributed by atoms with van der Waals surface area (Å²) in [6, 6.07) is -0.0159. The van der Waals surface area contributed by atoms with Crippen molar-refractivity contribution in [3.8, 4) is 0 Å². The van der Waals surface area contributed by atoms with E-state index in [4.69, 9.17) is 5.11 Å². The molecule has 6 heteroatoms. The average molecular weight is 277 g/mol. The average Bonchev–Trinajstić information content (AvgIpc) is 2.57. The first-order valence-corrected chi connectivity index (χ1v) is 8.27. The molecule has 5 nitrogen and oxygen atoms in total. The van der Waals surface area contributed by atoms with Crippen LogP contribution in [-0.2, 0) is 14.6 Å². The second-order valence-corrected chi connectivity index (χ2v) is 7.57. The maximum absolute atomic E-state index is 11.5. The van der Waals surface area contributed by atoms with Gasteiger partial charge in [-0.15, -0.1) is 0 Å². The van der Waals surface area contributed by atoms with E-state index in [0.717, 1.165) is 6.42 Å². The maximum atomic E-state index is 11.5. The Morgan fingerprint density at radius 2 is 2.06 bits per heavy atom. The Morgan fingerprint density at radius 3 is 2.39 bits per heavy atom. The zero-order chi connectivity index (χ0) is 13.9. The van der Waals surface area contributed by atoms with Crippen LogP contribution in [0.4, 0.5) is 0 Å². The molecule has 0 aromatic carbocycles. The van der Waals surface area contributed by atoms with Crippen molar-refractivity contribution in [1.82, 2.24) is 4.90 Å². The predicted molar refractivity (Wildman–Crippen MR) is 70.3 cm³/mol. The minimum absolute atomic E-state index is 0.0725. The molecule has 1 aliphatic rings. The first-order valence-electron chi connectivity index (χ1n) is 6.44. The summed E-state index contributed by atoms with van der Waals surface area (Å²) in [5.41, 5.74) is 0. The van der Waals surface area contributed by atoms with Crippen LogP contribution in [0.3, 0.4) is 0 Å². The van der Waals surface area contributed by atoms with E-state index in [9.17, 15) is 13.2 Å². The van der Waals surface area contributed by atoms with Crippen molar-refractivity contribution in [2.75, 3.05) is 18.1 Å². The number of hydrogen-bond acceptors (Lipinski definition) is 4. The highest BCUT2D eigenvalue weighted by atomic mass is 32.2. The molecule has 2 unspecified atom stereocenters. The van der Waals surface area contributed by atoms with Gasteiger partial charge in [-0.2, -0.15) is 0 Å². The molecule has 1 fully saturated rings. The van der Waals surface area contributed by atoms with Crippen molar-refractivity contribution in [2.24, 2.45) is 5.92 Å². The number of aliphatic carboxylic acids is 1. The van der Waals surface area contributed by atoms with Crippen molar-refractivity contribution in [1.29, 1.82) is 0 Å². The molecule has 0 bridgehead atoms. The minimum Gasteiger partial charge on any atom is -0.480 e. The molecule has 1 rings (SSSR count). The fourth-order valence-corrected chi connectivity index (χ4v) is 4.54. The lowest BCUT2D eigenvalue weighted by molar-refractivity contribution is -0.139. The number of carboxylic acids is 1. The van der Waals surface area contributed by atoms with Crippen molar-refractivity contribution < 1.29 is 18.3 Å². The molecular weight excluding hydrogens is 254 g/mol. The fraction of sp³-hybridized carbons (Fsp3) is 0.917. The molecule has 0 aromatic rings. The van der Waals surface area contributed by atoms with Crippen molar-refractivity contribution >= 4 is 15.8 Å². The smallest absolute Gasteiger partial charge is 0.317 e. The number of carboxylic acid groups (broad SMARTS) is 1. The summed E-state index contributed by atoms with van der Waals surface area (Å²) in [6.07, 6.45) is 1.39. The van der Waals surface area contributed by atoms with E-state index in [1.165, 1.54) is 0 Å². The molecule has 2 atom stereocenters. The molecule has 0 amide bonds. The summed E-state index contributed by atoms with van der Waals surface area (Å²) in [7, 11) is -2.98. The van der Waals surface area contributed by atoms with Crippen LogP contribution in [0.15, 0.2) is 0 Å². The topological polar surface area (TPSA) is 74.7 Å². The van der Waals surface area contributed by atoms with E-state index in [0.29, 0.717) is 12.3 Å². The zero-order valence-electron chi connectivity index (χ0n) is 11.3. The standard InChI is InChI=1S/C12H23NO4S/c1-4-11(9(2)3)13(7-12(14)15)10-5-6-18(16,17)8-10/h9-11H,4-8H2,1-3H3,(H,14,15). The van der Waals surface area contributed by atoms with E-state index >= 15 is 0 Å². The monoisotopic (exact) mass is 277 g/mol. The van der Waals surface area contributed by atoms with Crippen molar-refractivity contribution in [3.05, 3.63) is 0 Å². The van der Waals surface area contributed by atoms with Crippen LogP contribution < -0.4 is 0 Å². The third kappa shape index (κ3) is 3.95. The zero-order valence-corrected chi connectivity index (χ0v) is 12.1. The molecule has 0 aromatic heterocycles. The normalized spacial score (nSPS) is 24.6. The van der Waals surface area contributed by atoms with Gasteiger partial charge in [0.1, 0.15) is 0 Å². The number of hydrogen-bond donors (Lipinski definition) is 1. The van der Waals surface area contributed by atoms with Crippen LogP contribution in [0.2, 0.25) is 0 Å². The Balaban J connectivity index is 2.87. The third-order valence-corrected chi connectivity index (χ3v) is 5.36. The highest BCUT2D eigenvalue weighted by Gasteiger charge is 2.36. The van der Waals surface area contributed by atoms with E-state index < -0.39 is 15.8 Å². The molecular formula is C12H23NO4S. The number of sulfone groups is 1. The molecule has 0 radical (unpaired) electrons. The maximum Gasteiger partial charge on any atom is 0.317 e. The molecule has 1 saturated heterocycles. The van der Waals surface area contributed by atoms with Gasteiger partial charge in [0, 0.05) is 12.1 Å². The molecule has 0 aliphatic carbocycles. The first-order chi connectivity index (χ1) is 8.26. The Labute approximate surface area is 109 Å². The van der Waals surface area contributed by atoms with Crippen LogP contribution in [0, 0.1) is 5.92 Å². The summed E-state index contributed by atoms with van der Waals surface area (Å²) in [5.74, 6) is -0.290. The van der Waals surface area contributed by atoms with Gasteiger partial charge in [0.25, 0.3) is 0 Å². The summed E-state index contributed by atoms with van der Waals surface area (Å²) in [4.78, 5) is 12.9. The van der Waals surface area contributed by atoms with Gasteiger partial charge in [-0.05, 0) is 18.8 Å². The second kappa shape index (κ2) is 6.02. The highest BCUT2D eigenvalue weighted by Crippen LogP contribution is 2.24. The van der Waals surface area contributed by atoms with E-state index in [1.807, 2.05) is 25.7 Å². The van der Waals surface area contributed by atoms with Gasteiger partial charge in [-0.1, -0.05) is 20.8 Å². The highest BCUT2D eigenvalue weighted by molar-refractivity contribution is 7.91. The van der Waals surface area contributed by atoms with Gasteiger partial charge in [-0.3, -0.25) is 9.69 Å². The minimum atomic E-state index is -2.98. The van der Waals surface area contributed by atoms with Crippen molar-refractivity contribution in [2.45, 2.75) is 45.7 Å². The van der Waals surface area contributed by atoms with Crippen LogP contribution in [0.25, 0.3) is 0 Å². The molecule has 0 spiro atoms. The summed E-state index contributed by atoms with van der Waals surface area (Å²) in [5, 5.41) is 9.01. The Kier molecular flexibility index (Phi) is 5.16. The van der Waals surface area contributed by atoms with Crippen LogP contribution in [0.1, 0.15) is 33.6 Å². The SMILES string of the molecule is CCC(C(C)C)N(CC(=O)O)C1CCS(=O)(=O)C1. The molecule has 18 heavy (non-hydrogen) atoms. The van der Waals surface area contributed by atoms with E-state index in [1.54, 1.807) is 0 Å². The quantitative estimate of drug-likeness (QED) is 0.784. The van der Waals surface area contributed by atoms with E-state index in [-0.39, 0.29) is 30.1 Å². The van der Waals surface area contributed by atoms with Crippen LogP contribution in [-0.4, -0.2) is 54.5 Å². The molecule has 1 heterocycles. The summed E-state index contributed by atoms with van der Waals surface area (Å²) >= 11 is 0. The summed E-state index contributed by atoms with van der Waals surface area (Å²) < 4.78 is 23.1. The number of nitrogens with zero attached hydrogens (tertiary/aromatic N) is 1. The lowest BCUT2D eigenvalue weighted by atomic mass is 9.97. The van der Waals surface area contributed by atoms with Gasteiger partial charge in [0.2, 0.25) is 0 Å². The summed E-state index contributed by atoms with van der Waals surface area (Å²) in [6.45, 7) is 6.04. The first kappa shape index (κ1) is 15.4. The predicted octanol–water partition coefficient (Wildman–Crippen LogP) is 0.995. The Morgan fingerprint density at radius 1 is 1.44 bits per heavy atom. The Bertz CT molecular complexity index is 391. The Hall–Kier alpha value is -0.620. The van der Waals surface area contributed by atoms with Crippen LogP contribution in [0.5, 0.6) is 0 Å². The number of carbonyl (C=O) groups is 1. The van der Waals surface area contributed by atoms with Gasteiger partial charge >= 0.3 is 5.97 Å². The second-order valence-electron chi connectivity index (χ2n) is 5.34. The van der Waals surface area contributed by atoms with Gasteiger partial charge in [-0.25, -0.2) is 8.42 Å². The van der Waals surface area contributed by atoms with E-state index in [2.05, 4.69) is 0 Å². The third-order valence-electron chi connectivity index (χ3n) is 3.61. The molecule has 106 valence electrons.